The number of methoxy groups -OCH3 is 1. The average Bonchev–Trinajstić information content (AvgIpc) is 2.30. The van der Waals surface area contributed by atoms with Crippen LogP contribution in [0.4, 0.5) is 0 Å². The van der Waals surface area contributed by atoms with Crippen LogP contribution in [0, 0.1) is 0 Å². The summed E-state index contributed by atoms with van der Waals surface area (Å²) in [5.74, 6) is 0.00366. The van der Waals surface area contributed by atoms with Gasteiger partial charge >= 0.3 is 0 Å². The van der Waals surface area contributed by atoms with Gasteiger partial charge in [0.05, 0.1) is 12.6 Å². The van der Waals surface area contributed by atoms with Crippen LogP contribution < -0.4 is 5.73 Å². The molecule has 5 heteroatoms. The van der Waals surface area contributed by atoms with E-state index in [9.17, 15) is 4.79 Å². The third-order valence-corrected chi connectivity index (χ3v) is 2.84. The van der Waals surface area contributed by atoms with E-state index in [1.165, 1.54) is 0 Å². The molecule has 1 saturated heterocycles. The zero-order valence-electron chi connectivity index (χ0n) is 10.1. The summed E-state index contributed by atoms with van der Waals surface area (Å²) < 4.78 is 10.3. The molecule has 5 nitrogen and oxygen atoms in total. The summed E-state index contributed by atoms with van der Waals surface area (Å²) in [5, 5.41) is 0. The Kier molecular flexibility index (Phi) is 5.73. The van der Waals surface area contributed by atoms with Gasteiger partial charge in [-0.15, -0.1) is 0 Å². The molecule has 94 valence electrons. The number of carbonyl (C=O) groups excluding carboxylic acids is 1. The maximum atomic E-state index is 12.0. The standard InChI is InChI=1S/C11H22N2O3/c1-9(12)11(14)13(5-8-15-2)10-3-6-16-7-4-10/h9-10H,3-8,12H2,1-2H3/t9-/m0/s1. The Hall–Kier alpha value is -0.650. The molecule has 0 saturated carbocycles. The maximum Gasteiger partial charge on any atom is 0.239 e. The second-order valence-corrected chi connectivity index (χ2v) is 4.16. The first kappa shape index (κ1) is 13.4. The molecular formula is C11H22N2O3. The van der Waals surface area contributed by atoms with Crippen molar-refractivity contribution in [2.75, 3.05) is 33.5 Å². The minimum Gasteiger partial charge on any atom is -0.383 e. The second kappa shape index (κ2) is 6.83. The van der Waals surface area contributed by atoms with Crippen molar-refractivity contribution in [3.05, 3.63) is 0 Å². The van der Waals surface area contributed by atoms with E-state index in [2.05, 4.69) is 0 Å². The lowest BCUT2D eigenvalue weighted by atomic mass is 10.1. The molecule has 1 aliphatic rings. The summed E-state index contributed by atoms with van der Waals surface area (Å²) in [5.41, 5.74) is 5.65. The first-order chi connectivity index (χ1) is 7.66. The van der Waals surface area contributed by atoms with Gasteiger partial charge in [-0.05, 0) is 19.8 Å². The van der Waals surface area contributed by atoms with Crippen molar-refractivity contribution < 1.29 is 14.3 Å². The molecule has 0 aromatic heterocycles. The van der Waals surface area contributed by atoms with E-state index in [1.807, 2.05) is 4.90 Å². The fourth-order valence-electron chi connectivity index (χ4n) is 1.92. The Morgan fingerprint density at radius 2 is 2.19 bits per heavy atom. The van der Waals surface area contributed by atoms with Crippen LogP contribution in [0.15, 0.2) is 0 Å². The minimum absolute atomic E-state index is 0.00366. The van der Waals surface area contributed by atoms with Crippen LogP contribution in [0.3, 0.4) is 0 Å². The van der Waals surface area contributed by atoms with E-state index < -0.39 is 6.04 Å². The van der Waals surface area contributed by atoms with E-state index in [0.717, 1.165) is 26.1 Å². The molecule has 1 aliphatic heterocycles. The van der Waals surface area contributed by atoms with Gasteiger partial charge in [-0.1, -0.05) is 0 Å². The van der Waals surface area contributed by atoms with Crippen molar-refractivity contribution >= 4 is 5.91 Å². The normalized spacial score (nSPS) is 19.4. The topological polar surface area (TPSA) is 64.8 Å². The number of hydrogen-bond donors (Lipinski definition) is 1. The molecule has 1 amide bonds. The summed E-state index contributed by atoms with van der Waals surface area (Å²) >= 11 is 0. The first-order valence-corrected chi connectivity index (χ1v) is 5.79. The van der Waals surface area contributed by atoms with Crippen molar-refractivity contribution in [2.24, 2.45) is 5.73 Å². The number of hydrogen-bond acceptors (Lipinski definition) is 4. The summed E-state index contributed by atoms with van der Waals surface area (Å²) in [6.07, 6.45) is 1.78. The highest BCUT2D eigenvalue weighted by molar-refractivity contribution is 5.81. The lowest BCUT2D eigenvalue weighted by Gasteiger charge is -2.35. The monoisotopic (exact) mass is 230 g/mol. The Bertz CT molecular complexity index is 215. The van der Waals surface area contributed by atoms with Crippen LogP contribution in [-0.4, -0.2) is 56.4 Å². The van der Waals surface area contributed by atoms with E-state index in [0.29, 0.717) is 13.2 Å². The SMILES string of the molecule is COCCN(C(=O)[C@H](C)N)C1CCOCC1. The molecule has 0 bridgehead atoms. The number of ether oxygens (including phenoxy) is 2. The lowest BCUT2D eigenvalue weighted by Crippen LogP contribution is -2.50. The van der Waals surface area contributed by atoms with Crippen LogP contribution in [0.1, 0.15) is 19.8 Å². The van der Waals surface area contributed by atoms with Gasteiger partial charge in [0.25, 0.3) is 0 Å². The lowest BCUT2D eigenvalue weighted by molar-refractivity contribution is -0.137. The van der Waals surface area contributed by atoms with Gasteiger partial charge < -0.3 is 20.1 Å². The number of carbonyl (C=O) groups is 1. The number of amides is 1. The van der Waals surface area contributed by atoms with E-state index in [4.69, 9.17) is 15.2 Å². The van der Waals surface area contributed by atoms with Gasteiger partial charge in [0.15, 0.2) is 0 Å². The quantitative estimate of drug-likeness (QED) is 0.721. The fraction of sp³-hybridized carbons (Fsp3) is 0.909. The zero-order chi connectivity index (χ0) is 12.0. The number of nitrogens with zero attached hydrogens (tertiary/aromatic N) is 1. The Balaban J connectivity index is 2.57. The predicted molar refractivity (Wildman–Crippen MR) is 61.1 cm³/mol. The molecule has 1 fully saturated rings. The van der Waals surface area contributed by atoms with Gasteiger partial charge in [0, 0.05) is 32.9 Å². The summed E-state index contributed by atoms with van der Waals surface area (Å²) in [7, 11) is 1.64. The third kappa shape index (κ3) is 3.73. The van der Waals surface area contributed by atoms with E-state index in [-0.39, 0.29) is 11.9 Å². The molecule has 0 aromatic carbocycles. The van der Waals surface area contributed by atoms with Crippen molar-refractivity contribution in [1.29, 1.82) is 0 Å². The van der Waals surface area contributed by atoms with Crippen molar-refractivity contribution in [3.63, 3.8) is 0 Å². The number of rotatable bonds is 5. The van der Waals surface area contributed by atoms with Crippen molar-refractivity contribution in [2.45, 2.75) is 31.8 Å². The van der Waals surface area contributed by atoms with Gasteiger partial charge in [-0.2, -0.15) is 0 Å². The molecule has 1 rings (SSSR count). The van der Waals surface area contributed by atoms with E-state index in [1.54, 1.807) is 14.0 Å². The minimum atomic E-state index is -0.445. The van der Waals surface area contributed by atoms with Crippen LogP contribution in [0.5, 0.6) is 0 Å². The first-order valence-electron chi connectivity index (χ1n) is 5.79. The van der Waals surface area contributed by atoms with Gasteiger partial charge in [0.1, 0.15) is 0 Å². The largest absolute Gasteiger partial charge is 0.383 e. The molecule has 2 N–H and O–H groups in total. The molecule has 0 radical (unpaired) electrons. The molecule has 1 heterocycles. The smallest absolute Gasteiger partial charge is 0.239 e. The summed E-state index contributed by atoms with van der Waals surface area (Å²) in [6.45, 7) is 4.33. The average molecular weight is 230 g/mol. The summed E-state index contributed by atoms with van der Waals surface area (Å²) in [4.78, 5) is 13.8. The molecule has 0 unspecified atom stereocenters. The van der Waals surface area contributed by atoms with Crippen LogP contribution >= 0.6 is 0 Å². The van der Waals surface area contributed by atoms with Crippen LogP contribution in [0.25, 0.3) is 0 Å². The van der Waals surface area contributed by atoms with E-state index >= 15 is 0 Å². The fourth-order valence-corrected chi connectivity index (χ4v) is 1.92. The van der Waals surface area contributed by atoms with Crippen molar-refractivity contribution in [3.8, 4) is 0 Å². The molecule has 0 aromatic rings. The maximum absolute atomic E-state index is 12.0. The highest BCUT2D eigenvalue weighted by Crippen LogP contribution is 2.15. The molecule has 0 spiro atoms. The van der Waals surface area contributed by atoms with Gasteiger partial charge in [0.2, 0.25) is 5.91 Å². The Labute approximate surface area is 96.9 Å². The van der Waals surface area contributed by atoms with Gasteiger partial charge in [-0.3, -0.25) is 4.79 Å². The number of nitrogens with two attached hydrogens (primary N) is 1. The Morgan fingerprint density at radius 3 is 2.69 bits per heavy atom. The van der Waals surface area contributed by atoms with Gasteiger partial charge in [-0.25, -0.2) is 0 Å². The highest BCUT2D eigenvalue weighted by Gasteiger charge is 2.26. The predicted octanol–water partition coefficient (Wildman–Crippen LogP) is -0.0124. The molecular weight excluding hydrogens is 208 g/mol. The molecule has 16 heavy (non-hydrogen) atoms. The van der Waals surface area contributed by atoms with Crippen molar-refractivity contribution in [1.82, 2.24) is 4.90 Å². The zero-order valence-corrected chi connectivity index (χ0v) is 10.1. The second-order valence-electron chi connectivity index (χ2n) is 4.16. The molecule has 0 aliphatic carbocycles. The molecule has 1 atom stereocenters. The third-order valence-electron chi connectivity index (χ3n) is 2.84. The van der Waals surface area contributed by atoms with Crippen LogP contribution in [0.2, 0.25) is 0 Å². The summed E-state index contributed by atoms with van der Waals surface area (Å²) in [6, 6.07) is -0.192. The van der Waals surface area contributed by atoms with Crippen LogP contribution in [-0.2, 0) is 14.3 Å². The Morgan fingerprint density at radius 1 is 1.56 bits per heavy atom. The highest BCUT2D eigenvalue weighted by atomic mass is 16.5.